The van der Waals surface area contributed by atoms with Crippen LogP contribution in [0.1, 0.15) is 30.4 Å². The zero-order chi connectivity index (χ0) is 24.1. The van der Waals surface area contributed by atoms with E-state index in [4.69, 9.17) is 4.84 Å². The van der Waals surface area contributed by atoms with Crippen LogP contribution < -0.4 is 4.90 Å². The maximum atomic E-state index is 13.8. The van der Waals surface area contributed by atoms with Crippen molar-refractivity contribution in [3.63, 3.8) is 0 Å². The smallest absolute Gasteiger partial charge is 0.252 e. The van der Waals surface area contributed by atoms with E-state index < -0.39 is 11.5 Å². The Morgan fingerprint density at radius 1 is 1.03 bits per heavy atom. The molecule has 0 aromatic heterocycles. The number of carbonyl (C=O) groups is 1. The van der Waals surface area contributed by atoms with E-state index in [-0.39, 0.29) is 17.6 Å². The van der Waals surface area contributed by atoms with E-state index in [1.54, 1.807) is 19.2 Å². The third-order valence-corrected chi connectivity index (χ3v) is 6.72. The van der Waals surface area contributed by atoms with Crippen LogP contribution in [0.3, 0.4) is 0 Å². The first-order valence-corrected chi connectivity index (χ1v) is 11.5. The second-order valence-corrected chi connectivity index (χ2v) is 8.71. The van der Waals surface area contributed by atoms with E-state index in [0.717, 1.165) is 17.5 Å². The normalized spacial score (nSPS) is 21.9. The SMILES string of the molecule is CON(C)C(=O)C1[C@H](c2ccccc2)CCN(c2ccccc2O)[C@]1(C)C#Cc1ccccc1. The molecule has 3 aromatic rings. The van der Waals surface area contributed by atoms with E-state index in [2.05, 4.69) is 28.9 Å². The number of para-hydroxylation sites is 2. The van der Waals surface area contributed by atoms with Crippen LogP contribution in [0, 0.1) is 17.8 Å². The van der Waals surface area contributed by atoms with Gasteiger partial charge in [-0.25, -0.2) is 5.06 Å². The van der Waals surface area contributed by atoms with Crippen molar-refractivity contribution >= 4 is 11.6 Å². The summed E-state index contributed by atoms with van der Waals surface area (Å²) < 4.78 is 0. The van der Waals surface area contributed by atoms with Gasteiger partial charge in [-0.15, -0.1) is 0 Å². The molecule has 3 atom stereocenters. The van der Waals surface area contributed by atoms with Crippen LogP contribution in [0.2, 0.25) is 0 Å². The molecule has 1 aliphatic heterocycles. The van der Waals surface area contributed by atoms with Crippen LogP contribution in [0.5, 0.6) is 5.75 Å². The van der Waals surface area contributed by atoms with Crippen LogP contribution >= 0.6 is 0 Å². The van der Waals surface area contributed by atoms with E-state index in [1.807, 2.05) is 67.6 Å². The maximum absolute atomic E-state index is 13.8. The number of amides is 1. The number of hydrogen-bond acceptors (Lipinski definition) is 4. The van der Waals surface area contributed by atoms with E-state index in [9.17, 15) is 9.90 Å². The summed E-state index contributed by atoms with van der Waals surface area (Å²) in [7, 11) is 3.13. The van der Waals surface area contributed by atoms with Gasteiger partial charge in [-0.3, -0.25) is 9.63 Å². The number of phenolic OH excluding ortho intramolecular Hbond substituents is 1. The molecule has 4 rings (SSSR count). The molecule has 1 saturated heterocycles. The van der Waals surface area contributed by atoms with Gasteiger partial charge in [0.15, 0.2) is 0 Å². The fraction of sp³-hybridized carbons (Fsp3) is 0.276. The van der Waals surface area contributed by atoms with Crippen LogP contribution in [-0.2, 0) is 9.63 Å². The highest BCUT2D eigenvalue weighted by Gasteiger charge is 2.52. The van der Waals surface area contributed by atoms with Crippen molar-refractivity contribution in [2.75, 3.05) is 25.6 Å². The predicted molar refractivity (Wildman–Crippen MR) is 134 cm³/mol. The van der Waals surface area contributed by atoms with Gasteiger partial charge < -0.3 is 10.0 Å². The van der Waals surface area contributed by atoms with Gasteiger partial charge in [-0.2, -0.15) is 0 Å². The first-order valence-electron chi connectivity index (χ1n) is 11.5. The van der Waals surface area contributed by atoms with E-state index in [0.29, 0.717) is 12.2 Å². The number of nitrogens with zero attached hydrogens (tertiary/aromatic N) is 2. The fourth-order valence-electron chi connectivity index (χ4n) is 4.91. The molecule has 3 aromatic carbocycles. The molecule has 0 radical (unpaired) electrons. The van der Waals surface area contributed by atoms with Gasteiger partial charge in [0.1, 0.15) is 11.3 Å². The minimum atomic E-state index is -0.919. The zero-order valence-electron chi connectivity index (χ0n) is 19.8. The van der Waals surface area contributed by atoms with Gasteiger partial charge in [0.05, 0.1) is 18.7 Å². The van der Waals surface area contributed by atoms with Crippen molar-refractivity contribution in [2.24, 2.45) is 5.92 Å². The molecule has 5 nitrogen and oxygen atoms in total. The summed E-state index contributed by atoms with van der Waals surface area (Å²) in [5.41, 5.74) is 1.71. The molecule has 0 saturated carbocycles. The summed E-state index contributed by atoms with van der Waals surface area (Å²) in [5, 5.41) is 12.0. The van der Waals surface area contributed by atoms with E-state index >= 15 is 0 Å². The summed E-state index contributed by atoms with van der Waals surface area (Å²) >= 11 is 0. The maximum Gasteiger partial charge on any atom is 0.252 e. The number of piperidine rings is 1. The number of carbonyl (C=O) groups excluding carboxylic acids is 1. The lowest BCUT2D eigenvalue weighted by atomic mass is 9.68. The third-order valence-electron chi connectivity index (χ3n) is 6.72. The monoisotopic (exact) mass is 454 g/mol. The van der Waals surface area contributed by atoms with Gasteiger partial charge in [0, 0.05) is 25.1 Å². The highest BCUT2D eigenvalue weighted by Crippen LogP contribution is 2.47. The van der Waals surface area contributed by atoms with Crippen molar-refractivity contribution in [1.82, 2.24) is 5.06 Å². The molecular weight excluding hydrogens is 424 g/mol. The number of hydrogen-bond donors (Lipinski definition) is 1. The lowest BCUT2D eigenvalue weighted by molar-refractivity contribution is -0.176. The Bertz CT molecular complexity index is 1190. The minimum absolute atomic E-state index is 0.0662. The lowest BCUT2D eigenvalue weighted by Gasteiger charge is -2.51. The quantitative estimate of drug-likeness (QED) is 0.453. The molecule has 174 valence electrons. The Balaban J connectivity index is 1.91. The molecule has 1 amide bonds. The van der Waals surface area contributed by atoms with Crippen molar-refractivity contribution in [2.45, 2.75) is 24.8 Å². The van der Waals surface area contributed by atoms with Gasteiger partial charge in [0.2, 0.25) is 0 Å². The number of phenols is 1. The van der Waals surface area contributed by atoms with E-state index in [1.165, 1.54) is 12.2 Å². The average Bonchev–Trinajstić information content (AvgIpc) is 2.88. The Morgan fingerprint density at radius 3 is 2.29 bits per heavy atom. The molecule has 0 aliphatic carbocycles. The predicted octanol–water partition coefficient (Wildman–Crippen LogP) is 4.83. The van der Waals surface area contributed by atoms with Crippen molar-refractivity contribution in [3.05, 3.63) is 96.1 Å². The number of rotatable bonds is 4. The molecule has 0 bridgehead atoms. The molecule has 5 heteroatoms. The molecule has 1 N–H and O–H groups in total. The minimum Gasteiger partial charge on any atom is -0.506 e. The molecule has 1 aliphatic rings. The first kappa shape index (κ1) is 23.4. The molecule has 1 fully saturated rings. The molecular formula is C29H30N2O3. The lowest BCUT2D eigenvalue weighted by Crippen LogP contribution is -2.61. The first-order chi connectivity index (χ1) is 16.5. The van der Waals surface area contributed by atoms with Crippen molar-refractivity contribution in [1.29, 1.82) is 0 Å². The summed E-state index contributed by atoms with van der Waals surface area (Å²) in [5.74, 6) is 6.18. The van der Waals surface area contributed by atoms with Gasteiger partial charge in [-0.05, 0) is 43.2 Å². The highest BCUT2D eigenvalue weighted by molar-refractivity contribution is 5.83. The Hall–Kier alpha value is -3.75. The number of benzene rings is 3. The molecule has 34 heavy (non-hydrogen) atoms. The average molecular weight is 455 g/mol. The summed E-state index contributed by atoms with van der Waals surface area (Å²) in [6.07, 6.45) is 0.731. The van der Waals surface area contributed by atoms with Crippen molar-refractivity contribution in [3.8, 4) is 17.6 Å². The van der Waals surface area contributed by atoms with Crippen LogP contribution in [0.4, 0.5) is 5.69 Å². The number of anilines is 1. The second-order valence-electron chi connectivity index (χ2n) is 8.71. The zero-order valence-corrected chi connectivity index (χ0v) is 19.8. The van der Waals surface area contributed by atoms with Gasteiger partial charge in [-0.1, -0.05) is 72.5 Å². The van der Waals surface area contributed by atoms with Crippen molar-refractivity contribution < 1.29 is 14.7 Å². The largest absolute Gasteiger partial charge is 0.506 e. The van der Waals surface area contributed by atoms with Crippen LogP contribution in [-0.4, -0.2) is 42.3 Å². The summed E-state index contributed by atoms with van der Waals surface area (Å²) in [6, 6.07) is 27.1. The Morgan fingerprint density at radius 2 is 1.65 bits per heavy atom. The number of aromatic hydroxyl groups is 1. The fourth-order valence-corrected chi connectivity index (χ4v) is 4.91. The van der Waals surface area contributed by atoms with Crippen LogP contribution in [0.15, 0.2) is 84.9 Å². The van der Waals surface area contributed by atoms with Gasteiger partial charge in [0.25, 0.3) is 5.91 Å². The molecule has 1 unspecified atom stereocenters. The third kappa shape index (κ3) is 4.50. The number of hydroxylamine groups is 2. The molecule has 1 heterocycles. The topological polar surface area (TPSA) is 53.0 Å². The molecule has 0 spiro atoms. The Labute approximate surface area is 201 Å². The standard InChI is InChI=1S/C29H30N2O3/c1-29(20-18-22-12-6-4-7-13-22)27(28(33)30(2)34-3)24(23-14-8-5-9-15-23)19-21-31(29)25-16-10-11-17-26(25)32/h4-17,24,27,32H,19,21H2,1-3H3/t24-,27?,29+/m0/s1. The Kier molecular flexibility index (Phi) is 6.90. The summed E-state index contributed by atoms with van der Waals surface area (Å²) in [4.78, 5) is 21.3. The highest BCUT2D eigenvalue weighted by atomic mass is 16.7. The summed E-state index contributed by atoms with van der Waals surface area (Å²) in [6.45, 7) is 2.63. The van der Waals surface area contributed by atoms with Crippen LogP contribution in [0.25, 0.3) is 0 Å². The second kappa shape index (κ2) is 10.0. The van der Waals surface area contributed by atoms with Gasteiger partial charge >= 0.3 is 0 Å².